The molecule has 1 saturated heterocycles. The number of imidazole rings is 1. The summed E-state index contributed by atoms with van der Waals surface area (Å²) in [6, 6.07) is 15.3. The molecule has 0 aliphatic carbocycles. The van der Waals surface area contributed by atoms with Crippen LogP contribution in [0.15, 0.2) is 60.9 Å². The number of carbonyl (C=O) groups excluding carboxylic acids is 1. The second kappa shape index (κ2) is 7.75. The molecular formula is C22H22N5O3S+. The molecule has 8 nitrogen and oxygen atoms in total. The fourth-order valence-electron chi connectivity index (χ4n) is 4.02. The molecule has 0 radical (unpaired) electrons. The van der Waals surface area contributed by atoms with Crippen molar-refractivity contribution in [3.8, 4) is 0 Å². The standard InChI is InChI=1S/C22H21N5O3S/c28-22(25-20-17-6-2-1-5-16(17)8-9-23-20)21-24-18(19-7-3-4-10-27(19)21)15-26-11-13-31(29,30)14-12-26/h1-10H,11-15H2,(H,23,25,28)/p+1. The molecule has 1 aliphatic rings. The molecule has 2 N–H and O–H groups in total. The fraction of sp³-hybridized carbons (Fsp3) is 0.227. The van der Waals surface area contributed by atoms with Crippen molar-refractivity contribution in [1.82, 2.24) is 14.4 Å². The average Bonchev–Trinajstić information content (AvgIpc) is 3.14. The maximum Gasteiger partial charge on any atom is 0.293 e. The van der Waals surface area contributed by atoms with Crippen LogP contribution in [0.25, 0.3) is 16.3 Å². The summed E-state index contributed by atoms with van der Waals surface area (Å²) in [5, 5.41) is 4.75. The summed E-state index contributed by atoms with van der Waals surface area (Å²) in [6.07, 6.45) is 3.48. The number of benzene rings is 1. The molecule has 4 aromatic rings. The van der Waals surface area contributed by atoms with E-state index in [9.17, 15) is 13.2 Å². The van der Waals surface area contributed by atoms with Crippen molar-refractivity contribution in [2.75, 3.05) is 29.9 Å². The van der Waals surface area contributed by atoms with Gasteiger partial charge in [-0.15, -0.1) is 0 Å². The Morgan fingerprint density at radius 1 is 1.06 bits per heavy atom. The van der Waals surface area contributed by atoms with Gasteiger partial charge in [-0.25, -0.2) is 18.4 Å². The van der Waals surface area contributed by atoms with Gasteiger partial charge in [0.15, 0.2) is 9.84 Å². The highest BCUT2D eigenvalue weighted by atomic mass is 32.2. The second-order valence-electron chi connectivity index (χ2n) is 7.75. The number of fused-ring (bicyclic) bond motifs is 2. The SMILES string of the molecule is O=C(Nc1nccc2ccccc12)c1nc(C[NH+]2CCS(=O)(=O)CC2)c2ccccn12. The van der Waals surface area contributed by atoms with E-state index in [4.69, 9.17) is 0 Å². The van der Waals surface area contributed by atoms with Gasteiger partial charge in [0, 0.05) is 17.8 Å². The van der Waals surface area contributed by atoms with Crippen molar-refractivity contribution < 1.29 is 18.1 Å². The Kier molecular flexibility index (Phi) is 4.91. The third kappa shape index (κ3) is 3.89. The van der Waals surface area contributed by atoms with Crippen LogP contribution >= 0.6 is 0 Å². The normalized spacial score (nSPS) is 16.5. The molecule has 31 heavy (non-hydrogen) atoms. The summed E-state index contributed by atoms with van der Waals surface area (Å²) in [5.74, 6) is 0.809. The van der Waals surface area contributed by atoms with Crippen molar-refractivity contribution in [1.29, 1.82) is 0 Å². The lowest BCUT2D eigenvalue weighted by Crippen LogP contribution is -3.13. The van der Waals surface area contributed by atoms with Crippen LogP contribution in [0.2, 0.25) is 0 Å². The van der Waals surface area contributed by atoms with Crippen molar-refractivity contribution in [3.05, 3.63) is 72.4 Å². The molecular weight excluding hydrogens is 414 g/mol. The van der Waals surface area contributed by atoms with E-state index >= 15 is 0 Å². The zero-order chi connectivity index (χ0) is 21.4. The lowest BCUT2D eigenvalue weighted by Gasteiger charge is -2.22. The smallest absolute Gasteiger partial charge is 0.293 e. The molecule has 0 atom stereocenters. The molecule has 1 fully saturated rings. The van der Waals surface area contributed by atoms with E-state index in [0.29, 0.717) is 25.5 Å². The summed E-state index contributed by atoms with van der Waals surface area (Å²) in [5.41, 5.74) is 1.63. The average molecular weight is 437 g/mol. The highest BCUT2D eigenvalue weighted by Crippen LogP contribution is 2.21. The number of nitrogens with one attached hydrogen (secondary N) is 2. The number of quaternary nitrogens is 1. The Morgan fingerprint density at radius 3 is 2.68 bits per heavy atom. The molecule has 0 unspecified atom stereocenters. The van der Waals surface area contributed by atoms with Crippen molar-refractivity contribution in [2.24, 2.45) is 0 Å². The number of amides is 1. The first kappa shape index (κ1) is 19.7. The van der Waals surface area contributed by atoms with Gasteiger partial charge in [0.2, 0.25) is 5.82 Å². The molecule has 158 valence electrons. The Balaban J connectivity index is 1.45. The molecule has 0 spiro atoms. The highest BCUT2D eigenvalue weighted by Gasteiger charge is 2.27. The number of hydrogen-bond donors (Lipinski definition) is 2. The van der Waals surface area contributed by atoms with Crippen LogP contribution in [0.5, 0.6) is 0 Å². The van der Waals surface area contributed by atoms with Crippen LogP contribution in [0.1, 0.15) is 16.3 Å². The summed E-state index contributed by atoms with van der Waals surface area (Å²) in [7, 11) is -2.93. The van der Waals surface area contributed by atoms with Gasteiger partial charge in [-0.3, -0.25) is 9.20 Å². The second-order valence-corrected chi connectivity index (χ2v) is 10.1. The van der Waals surface area contributed by atoms with E-state index in [0.717, 1.165) is 26.9 Å². The van der Waals surface area contributed by atoms with Crippen LogP contribution < -0.4 is 10.2 Å². The largest absolute Gasteiger partial charge is 0.328 e. The summed E-state index contributed by atoms with van der Waals surface area (Å²) in [4.78, 5) is 23.3. The number of anilines is 1. The Morgan fingerprint density at radius 2 is 1.84 bits per heavy atom. The fourth-order valence-corrected chi connectivity index (χ4v) is 5.42. The molecule has 1 aromatic carbocycles. The van der Waals surface area contributed by atoms with Crippen LogP contribution in [-0.2, 0) is 16.4 Å². The zero-order valence-corrected chi connectivity index (χ0v) is 17.6. The number of pyridine rings is 2. The number of nitrogens with zero attached hydrogens (tertiary/aromatic N) is 3. The predicted octanol–water partition coefficient (Wildman–Crippen LogP) is 0.948. The summed E-state index contributed by atoms with van der Waals surface area (Å²) >= 11 is 0. The number of rotatable bonds is 4. The topological polar surface area (TPSA) is 97.9 Å². The highest BCUT2D eigenvalue weighted by molar-refractivity contribution is 7.91. The first-order chi connectivity index (χ1) is 15.0. The number of hydrogen-bond acceptors (Lipinski definition) is 5. The van der Waals surface area contributed by atoms with Gasteiger partial charge in [0.25, 0.3) is 5.91 Å². The molecule has 0 saturated carbocycles. The minimum absolute atomic E-state index is 0.189. The maximum atomic E-state index is 13.1. The molecule has 3 aromatic heterocycles. The van der Waals surface area contributed by atoms with Crippen LogP contribution in [0.3, 0.4) is 0 Å². The minimum atomic E-state index is -2.93. The molecule has 1 amide bonds. The van der Waals surface area contributed by atoms with Gasteiger partial charge in [0.1, 0.15) is 18.1 Å². The van der Waals surface area contributed by atoms with Gasteiger partial charge >= 0.3 is 0 Å². The summed E-state index contributed by atoms with van der Waals surface area (Å²) in [6.45, 7) is 1.67. The van der Waals surface area contributed by atoms with Crippen molar-refractivity contribution >= 4 is 37.9 Å². The molecule has 0 bridgehead atoms. The van der Waals surface area contributed by atoms with Crippen molar-refractivity contribution in [3.63, 3.8) is 0 Å². The van der Waals surface area contributed by atoms with Gasteiger partial charge in [-0.2, -0.15) is 0 Å². The Labute approximate surface area is 179 Å². The first-order valence-corrected chi connectivity index (χ1v) is 12.0. The number of sulfone groups is 1. The van der Waals surface area contributed by atoms with E-state index in [1.54, 1.807) is 10.6 Å². The Bertz CT molecular complexity index is 1380. The zero-order valence-electron chi connectivity index (χ0n) is 16.8. The first-order valence-electron chi connectivity index (χ1n) is 10.2. The lowest BCUT2D eigenvalue weighted by molar-refractivity contribution is -0.910. The van der Waals surface area contributed by atoms with Crippen LogP contribution in [0, 0.1) is 0 Å². The molecule has 4 heterocycles. The van der Waals surface area contributed by atoms with E-state index in [1.165, 1.54) is 0 Å². The third-order valence-electron chi connectivity index (χ3n) is 5.68. The molecule has 1 aliphatic heterocycles. The molecule has 9 heteroatoms. The number of carbonyl (C=O) groups is 1. The van der Waals surface area contributed by atoms with Crippen LogP contribution in [0.4, 0.5) is 5.82 Å². The van der Waals surface area contributed by atoms with E-state index in [2.05, 4.69) is 15.3 Å². The van der Waals surface area contributed by atoms with Gasteiger partial charge in [-0.05, 0) is 23.6 Å². The molecule has 5 rings (SSSR count). The quantitative estimate of drug-likeness (QED) is 0.496. The van der Waals surface area contributed by atoms with E-state index in [-0.39, 0.29) is 23.2 Å². The summed E-state index contributed by atoms with van der Waals surface area (Å²) < 4.78 is 25.2. The lowest BCUT2D eigenvalue weighted by atomic mass is 10.1. The number of aromatic nitrogens is 3. The van der Waals surface area contributed by atoms with Gasteiger partial charge < -0.3 is 10.2 Å². The maximum absolute atomic E-state index is 13.1. The van der Waals surface area contributed by atoms with Crippen molar-refractivity contribution in [2.45, 2.75) is 6.54 Å². The van der Waals surface area contributed by atoms with E-state index < -0.39 is 9.84 Å². The van der Waals surface area contributed by atoms with Gasteiger partial charge in [-0.1, -0.05) is 30.3 Å². The Hall–Kier alpha value is -3.30. The van der Waals surface area contributed by atoms with Gasteiger partial charge in [0.05, 0.1) is 30.1 Å². The van der Waals surface area contributed by atoms with E-state index in [1.807, 2.05) is 54.7 Å². The predicted molar refractivity (Wildman–Crippen MR) is 118 cm³/mol. The monoisotopic (exact) mass is 436 g/mol. The van der Waals surface area contributed by atoms with Crippen LogP contribution in [-0.4, -0.2) is 53.3 Å². The third-order valence-corrected chi connectivity index (χ3v) is 7.34. The minimum Gasteiger partial charge on any atom is -0.328 e.